The highest BCUT2D eigenvalue weighted by Crippen LogP contribution is 2.26. The van der Waals surface area contributed by atoms with Crippen molar-refractivity contribution in [1.29, 1.82) is 5.26 Å². The molecule has 2 aromatic rings. The zero-order valence-corrected chi connectivity index (χ0v) is 10.8. The number of hydrogen-bond donors (Lipinski definition) is 0. The summed E-state index contributed by atoms with van der Waals surface area (Å²) in [7, 11) is 2.11. The molecule has 0 bridgehead atoms. The fraction of sp³-hybridized carbons (Fsp3) is 0.357. The molecule has 0 aliphatic rings. The minimum absolute atomic E-state index is 0.648. The van der Waals surface area contributed by atoms with E-state index in [1.54, 1.807) is 11.3 Å². The SMILES string of the molecule is CN(CCCC#N)Cc1csc2ccccc12. The van der Waals surface area contributed by atoms with Crippen molar-refractivity contribution in [3.8, 4) is 6.07 Å². The topological polar surface area (TPSA) is 27.0 Å². The molecule has 0 atom stereocenters. The van der Waals surface area contributed by atoms with Gasteiger partial charge in [-0.2, -0.15) is 5.26 Å². The first kappa shape index (κ1) is 12.1. The van der Waals surface area contributed by atoms with Gasteiger partial charge >= 0.3 is 0 Å². The molecule has 1 heterocycles. The van der Waals surface area contributed by atoms with Crippen molar-refractivity contribution in [3.63, 3.8) is 0 Å². The van der Waals surface area contributed by atoms with Crippen LogP contribution in [-0.4, -0.2) is 18.5 Å². The Morgan fingerprint density at radius 2 is 2.18 bits per heavy atom. The molecule has 0 amide bonds. The summed E-state index contributed by atoms with van der Waals surface area (Å²) >= 11 is 1.81. The van der Waals surface area contributed by atoms with E-state index in [1.165, 1.54) is 15.6 Å². The Labute approximate surface area is 106 Å². The predicted octanol–water partition coefficient (Wildman–Crippen LogP) is 3.64. The van der Waals surface area contributed by atoms with Gasteiger partial charge in [0.15, 0.2) is 0 Å². The Kier molecular flexibility index (Phi) is 4.13. The van der Waals surface area contributed by atoms with Gasteiger partial charge in [0.2, 0.25) is 0 Å². The van der Waals surface area contributed by atoms with Crippen LogP contribution in [-0.2, 0) is 6.54 Å². The van der Waals surface area contributed by atoms with E-state index in [2.05, 4.69) is 47.7 Å². The highest BCUT2D eigenvalue weighted by molar-refractivity contribution is 7.17. The fourth-order valence-corrected chi connectivity index (χ4v) is 2.91. The number of fused-ring (bicyclic) bond motifs is 1. The summed E-state index contributed by atoms with van der Waals surface area (Å²) in [6.07, 6.45) is 1.60. The van der Waals surface area contributed by atoms with E-state index >= 15 is 0 Å². The summed E-state index contributed by atoms with van der Waals surface area (Å²) in [6, 6.07) is 10.7. The number of thiophene rings is 1. The van der Waals surface area contributed by atoms with Crippen LogP contribution in [0.1, 0.15) is 18.4 Å². The molecule has 0 spiro atoms. The molecule has 0 N–H and O–H groups in total. The fourth-order valence-electron chi connectivity index (χ4n) is 1.95. The van der Waals surface area contributed by atoms with Crippen LogP contribution in [0.25, 0.3) is 10.1 Å². The second-order valence-corrected chi connectivity index (χ2v) is 5.17. The van der Waals surface area contributed by atoms with Gasteiger partial charge < -0.3 is 4.90 Å². The lowest BCUT2D eigenvalue weighted by Gasteiger charge is -2.15. The number of nitriles is 1. The highest BCUT2D eigenvalue weighted by atomic mass is 32.1. The van der Waals surface area contributed by atoms with Gasteiger partial charge in [-0.15, -0.1) is 11.3 Å². The average molecular weight is 244 g/mol. The molecule has 0 fully saturated rings. The van der Waals surface area contributed by atoms with E-state index in [-0.39, 0.29) is 0 Å². The van der Waals surface area contributed by atoms with Crippen LogP contribution in [0.4, 0.5) is 0 Å². The lowest BCUT2D eigenvalue weighted by molar-refractivity contribution is 0.325. The minimum atomic E-state index is 0.648. The third-order valence-corrected chi connectivity index (χ3v) is 3.84. The normalized spacial score (nSPS) is 10.9. The van der Waals surface area contributed by atoms with Crippen molar-refractivity contribution < 1.29 is 0 Å². The molecule has 1 aromatic carbocycles. The van der Waals surface area contributed by atoms with Gasteiger partial charge in [-0.05, 0) is 42.4 Å². The standard InChI is InChI=1S/C14H16N2S/c1-16(9-5-4-8-15)10-12-11-17-14-7-3-2-6-13(12)14/h2-3,6-7,11H,4-5,9-10H2,1H3. The maximum Gasteiger partial charge on any atom is 0.0622 e. The molecule has 2 rings (SSSR count). The second kappa shape index (κ2) is 5.81. The van der Waals surface area contributed by atoms with Crippen molar-refractivity contribution >= 4 is 21.4 Å². The molecule has 0 unspecified atom stereocenters. The Morgan fingerprint density at radius 3 is 3.00 bits per heavy atom. The van der Waals surface area contributed by atoms with Gasteiger partial charge in [-0.1, -0.05) is 18.2 Å². The van der Waals surface area contributed by atoms with Gasteiger partial charge in [0.25, 0.3) is 0 Å². The molecule has 3 heteroatoms. The molecule has 0 saturated carbocycles. The van der Waals surface area contributed by atoms with Gasteiger partial charge in [0.1, 0.15) is 0 Å². The zero-order chi connectivity index (χ0) is 12.1. The summed E-state index contributed by atoms with van der Waals surface area (Å²) in [6.45, 7) is 1.95. The third-order valence-electron chi connectivity index (χ3n) is 2.83. The van der Waals surface area contributed by atoms with Crippen molar-refractivity contribution in [2.24, 2.45) is 0 Å². The maximum atomic E-state index is 8.51. The molecular weight excluding hydrogens is 228 g/mol. The Morgan fingerprint density at radius 1 is 1.35 bits per heavy atom. The smallest absolute Gasteiger partial charge is 0.0622 e. The number of benzene rings is 1. The molecule has 17 heavy (non-hydrogen) atoms. The van der Waals surface area contributed by atoms with Crippen LogP contribution < -0.4 is 0 Å². The predicted molar refractivity (Wildman–Crippen MR) is 73.0 cm³/mol. The first-order valence-electron chi connectivity index (χ1n) is 5.82. The molecule has 1 aromatic heterocycles. The van der Waals surface area contributed by atoms with Crippen LogP contribution in [0.15, 0.2) is 29.6 Å². The van der Waals surface area contributed by atoms with Gasteiger partial charge in [0.05, 0.1) is 6.07 Å². The zero-order valence-electron chi connectivity index (χ0n) is 10.0. The molecule has 0 aliphatic carbocycles. The highest BCUT2D eigenvalue weighted by Gasteiger charge is 2.05. The number of hydrogen-bond acceptors (Lipinski definition) is 3. The first-order valence-corrected chi connectivity index (χ1v) is 6.70. The van der Waals surface area contributed by atoms with Crippen molar-refractivity contribution in [3.05, 3.63) is 35.2 Å². The van der Waals surface area contributed by atoms with Crippen LogP contribution in [0.2, 0.25) is 0 Å². The Bertz CT molecular complexity index is 524. The summed E-state index contributed by atoms with van der Waals surface area (Å²) in [5.74, 6) is 0. The lowest BCUT2D eigenvalue weighted by atomic mass is 10.1. The number of unbranched alkanes of at least 4 members (excludes halogenated alkanes) is 1. The second-order valence-electron chi connectivity index (χ2n) is 4.26. The molecular formula is C14H16N2S. The van der Waals surface area contributed by atoms with E-state index < -0.39 is 0 Å². The Balaban J connectivity index is 2.01. The third kappa shape index (κ3) is 3.06. The van der Waals surface area contributed by atoms with Crippen molar-refractivity contribution in [2.45, 2.75) is 19.4 Å². The van der Waals surface area contributed by atoms with Crippen LogP contribution in [0.5, 0.6) is 0 Å². The van der Waals surface area contributed by atoms with Gasteiger partial charge in [0, 0.05) is 17.7 Å². The average Bonchev–Trinajstić information content (AvgIpc) is 2.73. The molecule has 88 valence electrons. The molecule has 0 aliphatic heterocycles. The Hall–Kier alpha value is -1.37. The van der Waals surface area contributed by atoms with E-state index in [4.69, 9.17) is 5.26 Å². The van der Waals surface area contributed by atoms with Crippen LogP contribution in [0, 0.1) is 11.3 Å². The monoisotopic (exact) mass is 244 g/mol. The summed E-state index contributed by atoms with van der Waals surface area (Å²) in [4.78, 5) is 2.28. The molecule has 0 radical (unpaired) electrons. The summed E-state index contributed by atoms with van der Waals surface area (Å²) in [5.41, 5.74) is 1.39. The summed E-state index contributed by atoms with van der Waals surface area (Å²) < 4.78 is 1.35. The minimum Gasteiger partial charge on any atom is -0.302 e. The van der Waals surface area contributed by atoms with Crippen LogP contribution in [0.3, 0.4) is 0 Å². The molecule has 0 saturated heterocycles. The van der Waals surface area contributed by atoms with Crippen molar-refractivity contribution in [2.75, 3.05) is 13.6 Å². The van der Waals surface area contributed by atoms with E-state index in [0.29, 0.717) is 6.42 Å². The number of nitrogens with zero attached hydrogens (tertiary/aromatic N) is 2. The quantitative estimate of drug-likeness (QED) is 0.751. The molecule has 2 nitrogen and oxygen atoms in total. The van der Waals surface area contributed by atoms with E-state index in [1.807, 2.05) is 0 Å². The number of rotatable bonds is 5. The lowest BCUT2D eigenvalue weighted by Crippen LogP contribution is -2.18. The summed E-state index contributed by atoms with van der Waals surface area (Å²) in [5, 5.41) is 12.1. The van der Waals surface area contributed by atoms with E-state index in [0.717, 1.165) is 19.5 Å². The van der Waals surface area contributed by atoms with Gasteiger partial charge in [-0.25, -0.2) is 0 Å². The maximum absolute atomic E-state index is 8.51. The first-order chi connectivity index (χ1) is 8.31. The van der Waals surface area contributed by atoms with Crippen LogP contribution >= 0.6 is 11.3 Å². The largest absolute Gasteiger partial charge is 0.302 e. The van der Waals surface area contributed by atoms with Gasteiger partial charge in [-0.3, -0.25) is 0 Å². The van der Waals surface area contributed by atoms with E-state index in [9.17, 15) is 0 Å². The van der Waals surface area contributed by atoms with Crippen molar-refractivity contribution in [1.82, 2.24) is 4.90 Å².